The summed E-state index contributed by atoms with van der Waals surface area (Å²) in [6, 6.07) is 13.9. The average Bonchev–Trinajstić information content (AvgIpc) is 2.97. The maximum Gasteiger partial charge on any atom is 0.192 e. The molecule has 0 radical (unpaired) electrons. The van der Waals surface area contributed by atoms with Crippen LogP contribution in [0.2, 0.25) is 0 Å². The lowest BCUT2D eigenvalue weighted by molar-refractivity contribution is 0.0977. The lowest BCUT2D eigenvalue weighted by Gasteiger charge is -2.03. The van der Waals surface area contributed by atoms with Crippen LogP contribution in [0.15, 0.2) is 52.4 Å². The van der Waals surface area contributed by atoms with Crippen LogP contribution in [0.3, 0.4) is 0 Å². The predicted molar refractivity (Wildman–Crippen MR) is 78.3 cm³/mol. The molecule has 0 aliphatic carbocycles. The van der Waals surface area contributed by atoms with Crippen molar-refractivity contribution >= 4 is 44.0 Å². The fourth-order valence-electron chi connectivity index (χ4n) is 1.98. The highest BCUT2D eigenvalue weighted by atomic mass is 79.9. The topological polar surface area (TPSA) is 22.0 Å². The van der Waals surface area contributed by atoms with E-state index in [9.17, 15) is 4.79 Å². The molecule has 0 unspecified atom stereocenters. The van der Waals surface area contributed by atoms with Crippen LogP contribution in [-0.4, -0.2) is 10.4 Å². The molecule has 0 saturated carbocycles. The molecule has 0 bridgehead atoms. The minimum atomic E-state index is 0.145. The molecule has 3 rings (SSSR count). The smallest absolute Gasteiger partial charge is 0.192 e. The number of benzene rings is 1. The Balaban J connectivity index is 1.90. The number of ketones is 1. The van der Waals surface area contributed by atoms with Crippen molar-refractivity contribution in [2.75, 3.05) is 0 Å². The molecule has 4 heteroatoms. The molecule has 2 nitrogen and oxygen atoms in total. The maximum atomic E-state index is 12.1. The van der Waals surface area contributed by atoms with E-state index in [0.717, 1.165) is 19.6 Å². The number of rotatable bonds is 3. The number of Topliss-reactive ketones (excluding diaryl/α,β-unsaturated/α-hetero) is 1. The van der Waals surface area contributed by atoms with E-state index in [1.54, 1.807) is 0 Å². The third kappa shape index (κ3) is 2.13. The van der Waals surface area contributed by atoms with Gasteiger partial charge in [-0.25, -0.2) is 0 Å². The maximum absolute atomic E-state index is 12.1. The number of para-hydroxylation sites is 1. The Morgan fingerprint density at radius 1 is 1.17 bits per heavy atom. The van der Waals surface area contributed by atoms with Crippen LogP contribution in [0.4, 0.5) is 0 Å². The summed E-state index contributed by atoms with van der Waals surface area (Å²) in [5, 5.41) is 1.16. The molecule has 0 amide bonds. The molecule has 2 aromatic heterocycles. The van der Waals surface area contributed by atoms with E-state index in [1.807, 2.05) is 47.2 Å². The number of fused-ring (bicyclic) bond motifs is 1. The standard InChI is InChI=1S/C14H10BrNOS/c15-14-6-5-13(18-14)12(17)9-16-8-7-10-3-1-2-4-11(10)16/h1-8H,9H2. The second-order valence-electron chi connectivity index (χ2n) is 4.03. The molecular formula is C14H10BrNOS. The molecule has 0 fully saturated rings. The number of hydrogen-bond donors (Lipinski definition) is 0. The highest BCUT2D eigenvalue weighted by Gasteiger charge is 2.10. The van der Waals surface area contributed by atoms with E-state index in [0.29, 0.717) is 6.54 Å². The number of nitrogens with zero attached hydrogens (tertiary/aromatic N) is 1. The van der Waals surface area contributed by atoms with Crippen LogP contribution in [-0.2, 0) is 6.54 Å². The van der Waals surface area contributed by atoms with Gasteiger partial charge in [0.1, 0.15) is 0 Å². The number of aromatic nitrogens is 1. The largest absolute Gasteiger partial charge is 0.340 e. The lowest BCUT2D eigenvalue weighted by Crippen LogP contribution is -2.07. The minimum Gasteiger partial charge on any atom is -0.340 e. The van der Waals surface area contributed by atoms with Gasteiger partial charge in [0.2, 0.25) is 0 Å². The summed E-state index contributed by atoms with van der Waals surface area (Å²) < 4.78 is 2.98. The van der Waals surface area contributed by atoms with Gasteiger partial charge in [-0.05, 0) is 45.6 Å². The predicted octanol–water partition coefficient (Wildman–Crippen LogP) is 4.35. The van der Waals surface area contributed by atoms with Gasteiger partial charge in [0.05, 0.1) is 15.2 Å². The van der Waals surface area contributed by atoms with Crippen LogP contribution in [0.5, 0.6) is 0 Å². The summed E-state index contributed by atoms with van der Waals surface area (Å²) in [5.41, 5.74) is 1.10. The molecule has 0 aliphatic heterocycles. The Hall–Kier alpha value is -1.39. The molecule has 3 aromatic rings. The van der Waals surface area contributed by atoms with Gasteiger partial charge < -0.3 is 4.57 Å². The zero-order chi connectivity index (χ0) is 12.5. The Morgan fingerprint density at radius 3 is 2.78 bits per heavy atom. The second-order valence-corrected chi connectivity index (χ2v) is 6.49. The summed E-state index contributed by atoms with van der Waals surface area (Å²) in [5.74, 6) is 0.145. The van der Waals surface area contributed by atoms with Gasteiger partial charge >= 0.3 is 0 Å². The minimum absolute atomic E-state index is 0.145. The van der Waals surface area contributed by atoms with Crippen molar-refractivity contribution in [1.82, 2.24) is 4.57 Å². The first-order valence-corrected chi connectivity index (χ1v) is 7.17. The van der Waals surface area contributed by atoms with E-state index in [1.165, 1.54) is 11.3 Å². The van der Waals surface area contributed by atoms with Crippen molar-refractivity contribution in [3.8, 4) is 0 Å². The molecule has 1 aromatic carbocycles. The molecule has 0 aliphatic rings. The molecular weight excluding hydrogens is 310 g/mol. The van der Waals surface area contributed by atoms with Gasteiger partial charge in [0, 0.05) is 11.7 Å². The quantitative estimate of drug-likeness (QED) is 0.658. The molecule has 0 saturated heterocycles. The lowest BCUT2D eigenvalue weighted by atomic mass is 10.2. The Bertz CT molecular complexity index is 713. The molecule has 90 valence electrons. The fourth-order valence-corrected chi connectivity index (χ4v) is 3.29. The highest BCUT2D eigenvalue weighted by Crippen LogP contribution is 2.23. The molecule has 18 heavy (non-hydrogen) atoms. The van der Waals surface area contributed by atoms with Crippen molar-refractivity contribution in [1.29, 1.82) is 0 Å². The van der Waals surface area contributed by atoms with E-state index >= 15 is 0 Å². The molecule has 0 atom stereocenters. The van der Waals surface area contributed by atoms with E-state index < -0.39 is 0 Å². The van der Waals surface area contributed by atoms with Crippen LogP contribution >= 0.6 is 27.3 Å². The Morgan fingerprint density at radius 2 is 2.00 bits per heavy atom. The second kappa shape index (κ2) is 4.71. The van der Waals surface area contributed by atoms with E-state index in [4.69, 9.17) is 0 Å². The zero-order valence-electron chi connectivity index (χ0n) is 9.47. The van der Waals surface area contributed by atoms with Gasteiger partial charge in [0.25, 0.3) is 0 Å². The van der Waals surface area contributed by atoms with Crippen LogP contribution in [0.25, 0.3) is 10.9 Å². The normalized spacial score (nSPS) is 10.9. The van der Waals surface area contributed by atoms with Crippen molar-refractivity contribution in [3.05, 3.63) is 57.3 Å². The third-order valence-corrected chi connectivity index (χ3v) is 4.51. The van der Waals surface area contributed by atoms with Crippen molar-refractivity contribution < 1.29 is 4.79 Å². The summed E-state index contributed by atoms with van der Waals surface area (Å²) in [4.78, 5) is 12.9. The number of thiophene rings is 1. The average molecular weight is 320 g/mol. The van der Waals surface area contributed by atoms with E-state index in [2.05, 4.69) is 22.0 Å². The van der Waals surface area contributed by atoms with E-state index in [-0.39, 0.29) is 5.78 Å². The highest BCUT2D eigenvalue weighted by molar-refractivity contribution is 9.11. The first-order valence-electron chi connectivity index (χ1n) is 5.56. The number of hydrogen-bond acceptors (Lipinski definition) is 2. The summed E-state index contributed by atoms with van der Waals surface area (Å²) >= 11 is 4.85. The molecule has 0 N–H and O–H groups in total. The van der Waals surface area contributed by atoms with Crippen molar-refractivity contribution in [2.24, 2.45) is 0 Å². The van der Waals surface area contributed by atoms with Crippen LogP contribution < -0.4 is 0 Å². The summed E-state index contributed by atoms with van der Waals surface area (Å²) in [6.07, 6.45) is 1.96. The monoisotopic (exact) mass is 319 g/mol. The summed E-state index contributed by atoms with van der Waals surface area (Å²) in [6.45, 7) is 0.389. The molecule has 0 spiro atoms. The van der Waals surface area contributed by atoms with Gasteiger partial charge in [-0.3, -0.25) is 4.79 Å². The number of carbonyl (C=O) groups excluding carboxylic acids is 1. The number of halogens is 1. The van der Waals surface area contributed by atoms with Crippen molar-refractivity contribution in [2.45, 2.75) is 6.54 Å². The van der Waals surface area contributed by atoms with Gasteiger partial charge in [-0.1, -0.05) is 18.2 Å². The van der Waals surface area contributed by atoms with Gasteiger partial charge in [-0.2, -0.15) is 0 Å². The third-order valence-electron chi connectivity index (χ3n) is 2.84. The van der Waals surface area contributed by atoms with Gasteiger partial charge in [0.15, 0.2) is 5.78 Å². The summed E-state index contributed by atoms with van der Waals surface area (Å²) in [7, 11) is 0. The van der Waals surface area contributed by atoms with Crippen LogP contribution in [0.1, 0.15) is 9.67 Å². The van der Waals surface area contributed by atoms with Gasteiger partial charge in [-0.15, -0.1) is 11.3 Å². The first-order chi connectivity index (χ1) is 8.74. The first kappa shape index (κ1) is 11.7. The van der Waals surface area contributed by atoms with Crippen molar-refractivity contribution in [3.63, 3.8) is 0 Å². The fraction of sp³-hybridized carbons (Fsp3) is 0.0714. The Labute approximate surface area is 117 Å². The Kier molecular flexibility index (Phi) is 3.06. The van der Waals surface area contributed by atoms with Crippen LogP contribution in [0, 0.1) is 0 Å². The zero-order valence-corrected chi connectivity index (χ0v) is 11.9. The SMILES string of the molecule is O=C(Cn1ccc2ccccc21)c1ccc(Br)s1. The molecule has 2 heterocycles. The number of carbonyl (C=O) groups is 1.